The third kappa shape index (κ3) is 4.74. The van der Waals surface area contributed by atoms with E-state index in [1.54, 1.807) is 0 Å². The van der Waals surface area contributed by atoms with Crippen LogP contribution in [0.15, 0.2) is 186 Å². The van der Waals surface area contributed by atoms with Crippen LogP contribution in [-0.2, 0) is 0 Å². The summed E-state index contributed by atoms with van der Waals surface area (Å²) in [6.45, 7) is 7.72. The van der Waals surface area contributed by atoms with Crippen molar-refractivity contribution < 1.29 is 4.42 Å². The molecule has 3 nitrogen and oxygen atoms in total. The average molecular weight is 663 g/mol. The van der Waals surface area contributed by atoms with Crippen molar-refractivity contribution in [3.05, 3.63) is 193 Å². The summed E-state index contributed by atoms with van der Waals surface area (Å²) in [5.41, 5.74) is 9.99. The molecule has 0 saturated heterocycles. The first kappa shape index (κ1) is 29.7. The molecule has 9 aromatic carbocycles. The third-order valence-corrected chi connectivity index (χ3v) is 10.2. The fourth-order valence-corrected chi connectivity index (χ4v) is 7.95. The van der Waals surface area contributed by atoms with Crippen molar-refractivity contribution in [2.24, 2.45) is 0 Å². The summed E-state index contributed by atoms with van der Waals surface area (Å²) in [6.07, 6.45) is 0. The van der Waals surface area contributed by atoms with Crippen molar-refractivity contribution in [2.45, 2.75) is 0 Å². The van der Waals surface area contributed by atoms with Crippen molar-refractivity contribution in [3.8, 4) is 22.3 Å². The second-order valence-corrected chi connectivity index (χ2v) is 13.2. The van der Waals surface area contributed by atoms with Crippen LogP contribution in [-0.4, -0.2) is 0 Å². The lowest BCUT2D eigenvalue weighted by atomic mass is 9.85. The van der Waals surface area contributed by atoms with Gasteiger partial charge in [-0.3, -0.25) is 0 Å². The van der Waals surface area contributed by atoms with E-state index >= 15 is 0 Å². The van der Waals surface area contributed by atoms with Crippen LogP contribution < -0.4 is 4.90 Å². The van der Waals surface area contributed by atoms with E-state index in [1.165, 1.54) is 49.0 Å². The van der Waals surface area contributed by atoms with Gasteiger partial charge in [-0.05, 0) is 97.0 Å². The molecule has 0 saturated carbocycles. The van der Waals surface area contributed by atoms with Crippen LogP contribution in [0.25, 0.3) is 81.4 Å². The van der Waals surface area contributed by atoms with Gasteiger partial charge in [0, 0.05) is 33.9 Å². The average Bonchev–Trinajstić information content (AvgIpc) is 3.58. The van der Waals surface area contributed by atoms with Gasteiger partial charge in [0.25, 0.3) is 0 Å². The molecule has 3 heteroatoms. The molecule has 1 aromatic heterocycles. The Balaban J connectivity index is 1.16. The maximum absolute atomic E-state index is 7.72. The summed E-state index contributed by atoms with van der Waals surface area (Å²) in [7, 11) is 0. The zero-order chi connectivity index (χ0) is 34.6. The van der Waals surface area contributed by atoms with E-state index in [-0.39, 0.29) is 0 Å². The topological polar surface area (TPSA) is 20.7 Å². The van der Waals surface area contributed by atoms with Crippen LogP contribution in [0.2, 0.25) is 0 Å². The lowest BCUT2D eigenvalue weighted by Crippen LogP contribution is -2.09. The molecule has 0 spiro atoms. The SMILES string of the molecule is [C-]#[N+]c1cccc(N(c2ccc(-c3c4ccccc4c(-c4cccc5ccccc45)c4ccccc34)cc2)c2ccc3c(c2)oc2ccccc23)c1. The standard InChI is InChI=1S/C49H30N2O/c1-50-34-14-11-15-36(30-34)51(37-28-29-40-39-17-8-9-23-46(39)52-47(40)31-37)35-26-24-33(25-27-35)48-42-18-4-6-20-44(42)49(45-21-7-5-19-43(45)48)41-22-10-13-32-12-2-3-16-38(32)41/h2-31H. The molecule has 1 heterocycles. The lowest BCUT2D eigenvalue weighted by Gasteiger charge is -2.26. The predicted octanol–water partition coefficient (Wildman–Crippen LogP) is 14.4. The smallest absolute Gasteiger partial charge is 0.189 e. The normalized spacial score (nSPS) is 11.4. The van der Waals surface area contributed by atoms with Gasteiger partial charge in [0.1, 0.15) is 11.2 Å². The van der Waals surface area contributed by atoms with Crippen LogP contribution in [0, 0.1) is 6.57 Å². The van der Waals surface area contributed by atoms with Gasteiger partial charge in [-0.2, -0.15) is 0 Å². The van der Waals surface area contributed by atoms with E-state index in [4.69, 9.17) is 11.0 Å². The fourth-order valence-electron chi connectivity index (χ4n) is 7.95. The summed E-state index contributed by atoms with van der Waals surface area (Å²) < 4.78 is 6.31. The van der Waals surface area contributed by atoms with E-state index in [0.29, 0.717) is 5.69 Å². The number of fused-ring (bicyclic) bond motifs is 6. The van der Waals surface area contributed by atoms with Crippen LogP contribution in [0.4, 0.5) is 22.7 Å². The maximum atomic E-state index is 7.72. The van der Waals surface area contributed by atoms with Gasteiger partial charge in [-0.15, -0.1) is 0 Å². The second kappa shape index (κ2) is 12.0. The number of anilines is 3. The highest BCUT2D eigenvalue weighted by molar-refractivity contribution is 6.23. The van der Waals surface area contributed by atoms with Gasteiger partial charge < -0.3 is 9.32 Å². The molecule has 0 unspecified atom stereocenters. The number of nitrogens with zero attached hydrogens (tertiary/aromatic N) is 2. The molecule has 10 rings (SSSR count). The highest BCUT2D eigenvalue weighted by atomic mass is 16.3. The Morgan fingerprint density at radius 3 is 1.69 bits per heavy atom. The number of benzene rings is 9. The van der Waals surface area contributed by atoms with E-state index in [1.807, 2.05) is 36.4 Å². The largest absolute Gasteiger partial charge is 0.456 e. The van der Waals surface area contributed by atoms with Crippen LogP contribution in [0.5, 0.6) is 0 Å². The molecule has 0 N–H and O–H groups in total. The van der Waals surface area contributed by atoms with Gasteiger partial charge in [0.05, 0.1) is 6.57 Å². The van der Waals surface area contributed by atoms with Crippen LogP contribution in [0.1, 0.15) is 0 Å². The lowest BCUT2D eigenvalue weighted by molar-refractivity contribution is 0.669. The molecule has 0 bridgehead atoms. The Morgan fingerprint density at radius 2 is 0.962 bits per heavy atom. The molecule has 0 amide bonds. The molecular weight excluding hydrogens is 633 g/mol. The fraction of sp³-hybridized carbons (Fsp3) is 0. The summed E-state index contributed by atoms with van der Waals surface area (Å²) in [4.78, 5) is 5.94. The Kier molecular flexibility index (Phi) is 6.87. The minimum atomic E-state index is 0.591. The monoisotopic (exact) mass is 662 g/mol. The molecule has 0 aliphatic rings. The number of rotatable bonds is 5. The molecule has 0 radical (unpaired) electrons. The Hall–Kier alpha value is -7.15. The Bertz CT molecular complexity index is 2980. The molecule has 0 atom stereocenters. The van der Waals surface area contributed by atoms with Crippen molar-refractivity contribution in [1.29, 1.82) is 0 Å². The van der Waals surface area contributed by atoms with Crippen LogP contribution in [0.3, 0.4) is 0 Å². The summed E-state index contributed by atoms with van der Waals surface area (Å²) >= 11 is 0. The minimum absolute atomic E-state index is 0.591. The van der Waals surface area contributed by atoms with Gasteiger partial charge in [0.2, 0.25) is 0 Å². The Labute approximate surface area is 301 Å². The molecule has 0 aliphatic heterocycles. The minimum Gasteiger partial charge on any atom is -0.456 e. The zero-order valence-electron chi connectivity index (χ0n) is 28.1. The van der Waals surface area contributed by atoms with Crippen molar-refractivity contribution in [3.63, 3.8) is 0 Å². The number of hydrogen-bond donors (Lipinski definition) is 0. The second-order valence-electron chi connectivity index (χ2n) is 13.2. The first-order valence-corrected chi connectivity index (χ1v) is 17.5. The van der Waals surface area contributed by atoms with Gasteiger partial charge in [-0.1, -0.05) is 133 Å². The van der Waals surface area contributed by atoms with E-state index in [9.17, 15) is 0 Å². The summed E-state index contributed by atoms with van der Waals surface area (Å²) in [5.74, 6) is 0. The summed E-state index contributed by atoms with van der Waals surface area (Å²) in [6, 6.07) is 64.0. The van der Waals surface area contributed by atoms with E-state index < -0.39 is 0 Å². The van der Waals surface area contributed by atoms with E-state index in [2.05, 4.69) is 155 Å². The molecular formula is C49H30N2O. The first-order valence-electron chi connectivity index (χ1n) is 17.5. The maximum Gasteiger partial charge on any atom is 0.189 e. The van der Waals surface area contributed by atoms with Gasteiger partial charge >= 0.3 is 0 Å². The summed E-state index contributed by atoms with van der Waals surface area (Å²) in [5, 5.41) is 9.56. The van der Waals surface area contributed by atoms with E-state index in [0.717, 1.165) is 44.6 Å². The first-order chi connectivity index (χ1) is 25.7. The zero-order valence-corrected chi connectivity index (χ0v) is 28.1. The van der Waals surface area contributed by atoms with Crippen LogP contribution >= 0.6 is 0 Å². The highest BCUT2D eigenvalue weighted by Crippen LogP contribution is 2.46. The molecule has 52 heavy (non-hydrogen) atoms. The molecule has 242 valence electrons. The predicted molar refractivity (Wildman–Crippen MR) is 218 cm³/mol. The molecule has 0 fully saturated rings. The Morgan fingerprint density at radius 1 is 0.404 bits per heavy atom. The molecule has 10 aromatic rings. The quantitative estimate of drug-likeness (QED) is 0.135. The molecule has 0 aliphatic carbocycles. The number of hydrogen-bond acceptors (Lipinski definition) is 2. The third-order valence-electron chi connectivity index (χ3n) is 10.2. The van der Waals surface area contributed by atoms with Crippen molar-refractivity contribution >= 4 is 77.0 Å². The highest BCUT2D eigenvalue weighted by Gasteiger charge is 2.20. The van der Waals surface area contributed by atoms with Crippen molar-refractivity contribution in [2.75, 3.05) is 4.90 Å². The van der Waals surface area contributed by atoms with Gasteiger partial charge in [0.15, 0.2) is 5.69 Å². The number of furan rings is 1. The number of para-hydroxylation sites is 1. The van der Waals surface area contributed by atoms with Gasteiger partial charge in [-0.25, -0.2) is 4.85 Å². The van der Waals surface area contributed by atoms with Crippen molar-refractivity contribution in [1.82, 2.24) is 0 Å².